The van der Waals surface area contributed by atoms with Gasteiger partial charge in [0.15, 0.2) is 5.76 Å². The highest BCUT2D eigenvalue weighted by Crippen LogP contribution is 2.29. The summed E-state index contributed by atoms with van der Waals surface area (Å²) in [5.74, 6) is 0.0134. The molecule has 26 heavy (non-hydrogen) atoms. The summed E-state index contributed by atoms with van der Waals surface area (Å²) >= 11 is 11.9. The molecular formula is C18H12Cl2N2O4. The number of hydrogen-bond donors (Lipinski definition) is 1. The molecule has 0 bridgehead atoms. The normalized spacial score (nSPS) is 10.6. The van der Waals surface area contributed by atoms with Gasteiger partial charge in [0.1, 0.15) is 10.8 Å². The predicted molar refractivity (Wildman–Crippen MR) is 100.0 cm³/mol. The van der Waals surface area contributed by atoms with Gasteiger partial charge in [-0.25, -0.2) is 0 Å². The number of benzene rings is 2. The molecule has 0 atom stereocenters. The summed E-state index contributed by atoms with van der Waals surface area (Å²) in [5.41, 5.74) is 1.62. The fourth-order valence-electron chi connectivity index (χ4n) is 2.28. The van der Waals surface area contributed by atoms with E-state index in [-0.39, 0.29) is 22.2 Å². The molecule has 8 heteroatoms. The van der Waals surface area contributed by atoms with E-state index in [9.17, 15) is 14.9 Å². The van der Waals surface area contributed by atoms with Crippen molar-refractivity contribution in [2.45, 2.75) is 6.92 Å². The van der Waals surface area contributed by atoms with Gasteiger partial charge in [-0.15, -0.1) is 0 Å². The van der Waals surface area contributed by atoms with Gasteiger partial charge in [0.2, 0.25) is 0 Å². The maximum Gasteiger partial charge on any atom is 0.291 e. The number of aryl methyl sites for hydroxylation is 1. The summed E-state index contributed by atoms with van der Waals surface area (Å²) in [6.07, 6.45) is 0. The van der Waals surface area contributed by atoms with Gasteiger partial charge < -0.3 is 9.73 Å². The number of nitrogens with zero attached hydrogens (tertiary/aromatic N) is 1. The zero-order valence-corrected chi connectivity index (χ0v) is 15.0. The van der Waals surface area contributed by atoms with Crippen molar-refractivity contribution >= 4 is 40.5 Å². The Morgan fingerprint density at radius 2 is 1.85 bits per heavy atom. The number of rotatable bonds is 4. The van der Waals surface area contributed by atoms with Crippen molar-refractivity contribution in [3.8, 4) is 11.3 Å². The standard InChI is InChI=1S/C18H12Cl2N2O4/c1-10-2-3-11(8-14(10)20)16-6-7-17(26-16)18(23)21-12-4-5-13(19)15(9-12)22(24)25/h2-9H,1H3,(H,21,23). The maximum atomic E-state index is 12.3. The van der Waals surface area contributed by atoms with Gasteiger partial charge in [0.25, 0.3) is 11.6 Å². The summed E-state index contributed by atoms with van der Waals surface area (Å²) < 4.78 is 5.57. The van der Waals surface area contributed by atoms with E-state index < -0.39 is 10.8 Å². The number of furan rings is 1. The van der Waals surface area contributed by atoms with Gasteiger partial charge >= 0.3 is 0 Å². The van der Waals surface area contributed by atoms with Crippen LogP contribution in [0.4, 0.5) is 11.4 Å². The van der Waals surface area contributed by atoms with Gasteiger partial charge in [-0.1, -0.05) is 35.3 Å². The van der Waals surface area contributed by atoms with Crippen molar-refractivity contribution in [3.05, 3.63) is 80.0 Å². The molecule has 3 aromatic rings. The molecule has 1 N–H and O–H groups in total. The third kappa shape index (κ3) is 3.71. The summed E-state index contributed by atoms with van der Waals surface area (Å²) in [5, 5.41) is 14.1. The maximum absolute atomic E-state index is 12.3. The van der Waals surface area contributed by atoms with Crippen LogP contribution in [0.1, 0.15) is 16.1 Å². The topological polar surface area (TPSA) is 85.4 Å². The molecule has 0 radical (unpaired) electrons. The average molecular weight is 391 g/mol. The molecule has 0 saturated heterocycles. The molecule has 0 aliphatic rings. The van der Waals surface area contributed by atoms with Crippen LogP contribution in [0.3, 0.4) is 0 Å². The quantitative estimate of drug-likeness (QED) is 0.455. The second kappa shape index (κ2) is 7.19. The number of nitro groups is 1. The van der Waals surface area contributed by atoms with E-state index in [0.717, 1.165) is 11.1 Å². The summed E-state index contributed by atoms with van der Waals surface area (Å²) in [4.78, 5) is 22.6. The van der Waals surface area contributed by atoms with Gasteiger partial charge in [0, 0.05) is 22.3 Å². The Balaban J connectivity index is 1.81. The molecule has 2 aromatic carbocycles. The lowest BCUT2D eigenvalue weighted by Gasteiger charge is -2.04. The Labute approximate surface area is 158 Å². The zero-order chi connectivity index (χ0) is 18.8. The Hall–Kier alpha value is -2.83. The highest BCUT2D eigenvalue weighted by atomic mass is 35.5. The second-order valence-electron chi connectivity index (χ2n) is 5.51. The van der Waals surface area contributed by atoms with Crippen LogP contribution in [0.2, 0.25) is 10.0 Å². The number of carbonyl (C=O) groups excluding carboxylic acids is 1. The number of nitrogens with one attached hydrogen (secondary N) is 1. The van der Waals surface area contributed by atoms with Crippen LogP contribution in [0, 0.1) is 17.0 Å². The second-order valence-corrected chi connectivity index (χ2v) is 6.32. The zero-order valence-electron chi connectivity index (χ0n) is 13.5. The van der Waals surface area contributed by atoms with E-state index in [2.05, 4.69) is 5.32 Å². The van der Waals surface area contributed by atoms with Crippen LogP contribution >= 0.6 is 23.2 Å². The molecule has 1 amide bonds. The molecule has 6 nitrogen and oxygen atoms in total. The molecule has 0 spiro atoms. The monoisotopic (exact) mass is 390 g/mol. The van der Waals surface area contributed by atoms with Crippen molar-refractivity contribution in [1.29, 1.82) is 0 Å². The number of amides is 1. The minimum absolute atomic E-state index is 0.00969. The first-order valence-corrected chi connectivity index (χ1v) is 8.22. The van der Waals surface area contributed by atoms with Crippen molar-refractivity contribution in [2.75, 3.05) is 5.32 Å². The van der Waals surface area contributed by atoms with E-state index in [0.29, 0.717) is 10.8 Å². The van der Waals surface area contributed by atoms with Crippen molar-refractivity contribution < 1.29 is 14.1 Å². The van der Waals surface area contributed by atoms with Gasteiger partial charge in [-0.3, -0.25) is 14.9 Å². The van der Waals surface area contributed by atoms with Crippen LogP contribution in [-0.2, 0) is 0 Å². The SMILES string of the molecule is Cc1ccc(-c2ccc(C(=O)Nc3ccc(Cl)c([N+](=O)[O-])c3)o2)cc1Cl. The highest BCUT2D eigenvalue weighted by molar-refractivity contribution is 6.32. The minimum atomic E-state index is -0.621. The number of halogens is 2. The lowest BCUT2D eigenvalue weighted by molar-refractivity contribution is -0.384. The van der Waals surface area contributed by atoms with Crippen LogP contribution < -0.4 is 5.32 Å². The first-order chi connectivity index (χ1) is 12.3. The first kappa shape index (κ1) is 18.0. The van der Waals surface area contributed by atoms with Gasteiger partial charge in [-0.05, 0) is 42.8 Å². The van der Waals surface area contributed by atoms with Gasteiger partial charge in [-0.2, -0.15) is 0 Å². The fourth-order valence-corrected chi connectivity index (χ4v) is 2.65. The number of carbonyl (C=O) groups is 1. The van der Waals surface area contributed by atoms with Crippen molar-refractivity contribution in [1.82, 2.24) is 0 Å². The summed E-state index contributed by atoms with van der Waals surface area (Å²) in [6.45, 7) is 1.89. The lowest BCUT2D eigenvalue weighted by Crippen LogP contribution is -2.11. The smallest absolute Gasteiger partial charge is 0.291 e. The first-order valence-electron chi connectivity index (χ1n) is 7.47. The number of hydrogen-bond acceptors (Lipinski definition) is 4. The van der Waals surface area contributed by atoms with Crippen LogP contribution in [0.15, 0.2) is 52.9 Å². The van der Waals surface area contributed by atoms with Gasteiger partial charge in [0.05, 0.1) is 4.92 Å². The van der Waals surface area contributed by atoms with E-state index in [4.69, 9.17) is 27.6 Å². The lowest BCUT2D eigenvalue weighted by atomic mass is 10.1. The van der Waals surface area contributed by atoms with E-state index in [1.54, 1.807) is 12.1 Å². The average Bonchev–Trinajstić information content (AvgIpc) is 3.09. The molecule has 132 valence electrons. The minimum Gasteiger partial charge on any atom is -0.451 e. The van der Waals surface area contributed by atoms with E-state index in [1.807, 2.05) is 19.1 Å². The van der Waals surface area contributed by atoms with Crippen LogP contribution in [0.5, 0.6) is 0 Å². The highest BCUT2D eigenvalue weighted by Gasteiger charge is 2.17. The van der Waals surface area contributed by atoms with E-state index in [1.165, 1.54) is 24.3 Å². The number of nitro benzene ring substituents is 1. The molecule has 0 unspecified atom stereocenters. The predicted octanol–water partition coefficient (Wildman–Crippen LogP) is 5.72. The Morgan fingerprint density at radius 1 is 1.08 bits per heavy atom. The molecule has 1 heterocycles. The summed E-state index contributed by atoms with van der Waals surface area (Å²) in [7, 11) is 0. The molecule has 0 aliphatic heterocycles. The van der Waals surface area contributed by atoms with Crippen LogP contribution in [-0.4, -0.2) is 10.8 Å². The largest absolute Gasteiger partial charge is 0.451 e. The summed E-state index contributed by atoms with van der Waals surface area (Å²) in [6, 6.07) is 12.6. The molecule has 0 saturated carbocycles. The molecule has 0 fully saturated rings. The Kier molecular flexibility index (Phi) is 4.97. The van der Waals surface area contributed by atoms with Crippen LogP contribution in [0.25, 0.3) is 11.3 Å². The van der Waals surface area contributed by atoms with Crippen molar-refractivity contribution in [2.24, 2.45) is 0 Å². The Morgan fingerprint density at radius 3 is 2.54 bits per heavy atom. The van der Waals surface area contributed by atoms with Crippen molar-refractivity contribution in [3.63, 3.8) is 0 Å². The third-order valence-electron chi connectivity index (χ3n) is 3.69. The Bertz CT molecular complexity index is 1010. The number of anilines is 1. The molecular weight excluding hydrogens is 379 g/mol. The third-order valence-corrected chi connectivity index (χ3v) is 4.41. The molecule has 0 aliphatic carbocycles. The molecule has 1 aromatic heterocycles. The van der Waals surface area contributed by atoms with E-state index >= 15 is 0 Å². The fraction of sp³-hybridized carbons (Fsp3) is 0.0556. The molecule has 3 rings (SSSR count).